The number of benzene rings is 4. The van der Waals surface area contributed by atoms with Crippen LogP contribution in [0.25, 0.3) is 34.3 Å². The Kier molecular flexibility index (Phi) is 10.1. The third-order valence-electron chi connectivity index (χ3n) is 9.54. The van der Waals surface area contributed by atoms with E-state index in [1.54, 1.807) is 11.5 Å². The Morgan fingerprint density at radius 3 is 2.15 bits per heavy atom. The number of allylic oxidation sites excluding steroid dienone is 1. The maximum absolute atomic E-state index is 14.8. The van der Waals surface area contributed by atoms with Crippen LogP contribution in [-0.2, 0) is 9.53 Å². The van der Waals surface area contributed by atoms with Gasteiger partial charge in [-0.1, -0.05) is 141 Å². The highest BCUT2D eigenvalue weighted by molar-refractivity contribution is 7.07. The zero-order valence-corrected chi connectivity index (χ0v) is 31.1. The number of esters is 1. The van der Waals surface area contributed by atoms with Gasteiger partial charge in [-0.05, 0) is 72.7 Å². The van der Waals surface area contributed by atoms with E-state index < -0.39 is 12.0 Å². The SMILES string of the molecule is CCCC1=C(C(=O)OCC)[C@H](c2ccc(C(C)C)cc2)n2c(s/c(=C\c3cc(-c4ccccc4)n(-c4ccc(C)cc4)c3-c3ccccc3)c2=O)=N1. The maximum atomic E-state index is 14.8. The number of hydrogen-bond donors (Lipinski definition) is 0. The number of hydrogen-bond acceptors (Lipinski definition) is 5. The van der Waals surface area contributed by atoms with Gasteiger partial charge in [-0.2, -0.15) is 0 Å². The molecular weight excluding hydrogens is 663 g/mol. The molecule has 0 spiro atoms. The molecule has 0 bridgehead atoms. The highest BCUT2D eigenvalue weighted by Crippen LogP contribution is 2.37. The summed E-state index contributed by atoms with van der Waals surface area (Å²) < 4.78 is 10.1. The van der Waals surface area contributed by atoms with Gasteiger partial charge in [0, 0.05) is 11.3 Å². The van der Waals surface area contributed by atoms with Gasteiger partial charge in [-0.25, -0.2) is 9.79 Å². The Bertz CT molecular complexity index is 2430. The minimum absolute atomic E-state index is 0.192. The number of rotatable bonds is 10. The first-order valence-electron chi connectivity index (χ1n) is 18.0. The lowest BCUT2D eigenvalue weighted by molar-refractivity contribution is -0.139. The second-order valence-corrected chi connectivity index (χ2v) is 14.5. The summed E-state index contributed by atoms with van der Waals surface area (Å²) in [4.78, 5) is 34.1. The average molecular weight is 706 g/mol. The van der Waals surface area contributed by atoms with Crippen molar-refractivity contribution in [3.63, 3.8) is 0 Å². The van der Waals surface area contributed by atoms with Crippen molar-refractivity contribution in [1.82, 2.24) is 9.13 Å². The molecule has 0 fully saturated rings. The molecule has 3 heterocycles. The lowest BCUT2D eigenvalue weighted by Gasteiger charge is -2.26. The van der Waals surface area contributed by atoms with Crippen LogP contribution in [-0.4, -0.2) is 21.7 Å². The molecule has 1 aliphatic rings. The number of carbonyl (C=O) groups is 1. The summed E-state index contributed by atoms with van der Waals surface area (Å²) in [6.45, 7) is 10.5. The first-order chi connectivity index (χ1) is 25.3. The summed E-state index contributed by atoms with van der Waals surface area (Å²) in [5.41, 5.74) is 10.2. The van der Waals surface area contributed by atoms with E-state index in [4.69, 9.17) is 9.73 Å². The molecule has 0 saturated heterocycles. The molecule has 0 radical (unpaired) electrons. The van der Waals surface area contributed by atoms with Crippen LogP contribution in [0.15, 0.2) is 136 Å². The zero-order valence-electron chi connectivity index (χ0n) is 30.3. The predicted octanol–water partition coefficient (Wildman–Crippen LogP) is 9.14. The lowest BCUT2D eigenvalue weighted by atomic mass is 9.92. The second-order valence-electron chi connectivity index (χ2n) is 13.5. The fraction of sp³-hybridized carbons (Fsp3) is 0.222. The molecule has 6 nitrogen and oxygen atoms in total. The second kappa shape index (κ2) is 15.0. The Labute approximate surface area is 308 Å². The minimum Gasteiger partial charge on any atom is -0.463 e. The van der Waals surface area contributed by atoms with Crippen molar-refractivity contribution in [1.29, 1.82) is 0 Å². The number of aromatic nitrogens is 2. The van der Waals surface area contributed by atoms with E-state index in [1.165, 1.54) is 22.5 Å². The van der Waals surface area contributed by atoms with E-state index in [0.29, 0.717) is 32.9 Å². The van der Waals surface area contributed by atoms with E-state index in [0.717, 1.165) is 45.7 Å². The van der Waals surface area contributed by atoms with Crippen molar-refractivity contribution in [3.05, 3.63) is 168 Å². The third kappa shape index (κ3) is 6.64. The number of thiazole rings is 1. The quantitative estimate of drug-likeness (QED) is 0.134. The lowest BCUT2D eigenvalue weighted by Crippen LogP contribution is -2.40. The molecule has 262 valence electrons. The molecule has 0 saturated carbocycles. The van der Waals surface area contributed by atoms with Gasteiger partial charge in [0.2, 0.25) is 0 Å². The topological polar surface area (TPSA) is 65.6 Å². The number of fused-ring (bicyclic) bond motifs is 1. The van der Waals surface area contributed by atoms with Crippen molar-refractivity contribution in [2.75, 3.05) is 6.61 Å². The Hall–Kier alpha value is -5.53. The van der Waals surface area contributed by atoms with Crippen molar-refractivity contribution < 1.29 is 9.53 Å². The van der Waals surface area contributed by atoms with Crippen LogP contribution in [0.5, 0.6) is 0 Å². The summed E-state index contributed by atoms with van der Waals surface area (Å²) in [5, 5.41) is 0. The Balaban J connectivity index is 1.51. The minimum atomic E-state index is -0.661. The number of aryl methyl sites for hydroxylation is 1. The number of carbonyl (C=O) groups excluding carboxylic acids is 1. The summed E-state index contributed by atoms with van der Waals surface area (Å²) >= 11 is 1.37. The van der Waals surface area contributed by atoms with Crippen molar-refractivity contribution in [2.24, 2.45) is 4.99 Å². The van der Waals surface area contributed by atoms with Crippen LogP contribution in [0.4, 0.5) is 0 Å². The van der Waals surface area contributed by atoms with Gasteiger partial charge in [0.1, 0.15) is 0 Å². The van der Waals surface area contributed by atoms with E-state index in [2.05, 4.69) is 99.0 Å². The van der Waals surface area contributed by atoms with Crippen LogP contribution in [0.3, 0.4) is 0 Å². The first-order valence-corrected chi connectivity index (χ1v) is 18.9. The van der Waals surface area contributed by atoms with Crippen LogP contribution >= 0.6 is 11.3 Å². The van der Waals surface area contributed by atoms with Crippen LogP contribution in [0.2, 0.25) is 0 Å². The summed E-state index contributed by atoms with van der Waals surface area (Å²) in [6.07, 6.45) is 3.39. The largest absolute Gasteiger partial charge is 0.463 e. The van der Waals surface area contributed by atoms with E-state index in [1.807, 2.05) is 54.6 Å². The Morgan fingerprint density at radius 1 is 0.885 bits per heavy atom. The van der Waals surface area contributed by atoms with Gasteiger partial charge in [0.25, 0.3) is 5.56 Å². The molecule has 1 aliphatic heterocycles. The Morgan fingerprint density at radius 2 is 1.54 bits per heavy atom. The fourth-order valence-corrected chi connectivity index (χ4v) is 7.97. The van der Waals surface area contributed by atoms with E-state index in [-0.39, 0.29) is 12.2 Å². The molecular formula is C45H43N3O3S. The summed E-state index contributed by atoms with van der Waals surface area (Å²) in [7, 11) is 0. The number of nitrogens with zero attached hydrogens (tertiary/aromatic N) is 3. The molecule has 7 heteroatoms. The molecule has 6 aromatic rings. The molecule has 0 N–H and O–H groups in total. The highest BCUT2D eigenvalue weighted by atomic mass is 32.1. The smallest absolute Gasteiger partial charge is 0.338 e. The average Bonchev–Trinajstić information content (AvgIpc) is 3.69. The van der Waals surface area contributed by atoms with Gasteiger partial charge < -0.3 is 9.30 Å². The summed E-state index contributed by atoms with van der Waals surface area (Å²) in [5.74, 6) is -0.0884. The zero-order chi connectivity index (χ0) is 36.4. The molecule has 1 atom stereocenters. The monoisotopic (exact) mass is 705 g/mol. The predicted molar refractivity (Wildman–Crippen MR) is 212 cm³/mol. The van der Waals surface area contributed by atoms with Gasteiger partial charge in [0.05, 0.1) is 39.8 Å². The van der Waals surface area contributed by atoms with E-state index in [9.17, 15) is 9.59 Å². The van der Waals surface area contributed by atoms with E-state index >= 15 is 0 Å². The van der Waals surface area contributed by atoms with Gasteiger partial charge in [-0.15, -0.1) is 0 Å². The molecule has 0 unspecified atom stereocenters. The first kappa shape index (κ1) is 34.9. The number of ether oxygens (including phenoxy) is 1. The highest BCUT2D eigenvalue weighted by Gasteiger charge is 2.34. The molecule has 0 aliphatic carbocycles. The van der Waals surface area contributed by atoms with Crippen molar-refractivity contribution in [3.8, 4) is 28.2 Å². The standard InChI is InChI=1S/C45H43N3O3S/c1-6-14-37-40(44(50)51-7-2)42(34-23-21-31(22-24-34)29(3)4)48-43(49)39(52-45(48)46-37)28-35-27-38(32-15-10-8-11-16-32)47(36-25-19-30(5)20-26-36)41(35)33-17-12-9-13-18-33/h8-13,15-29,42H,6-7,14H2,1-5H3/b39-28-/t42-/m0/s1. The fourth-order valence-electron chi connectivity index (χ4n) is 6.96. The van der Waals surface area contributed by atoms with Crippen LogP contribution in [0, 0.1) is 6.92 Å². The summed E-state index contributed by atoms with van der Waals surface area (Å²) in [6, 6.07) is 38.9. The van der Waals surface area contributed by atoms with Gasteiger partial charge >= 0.3 is 5.97 Å². The molecule has 52 heavy (non-hydrogen) atoms. The molecule has 4 aromatic carbocycles. The normalized spacial score (nSPS) is 14.4. The third-order valence-corrected chi connectivity index (χ3v) is 10.5. The van der Waals surface area contributed by atoms with Gasteiger partial charge in [0.15, 0.2) is 4.80 Å². The van der Waals surface area contributed by atoms with Gasteiger partial charge in [-0.3, -0.25) is 9.36 Å². The molecule has 7 rings (SSSR count). The van der Waals surface area contributed by atoms with Crippen molar-refractivity contribution in [2.45, 2.75) is 59.4 Å². The molecule has 2 aromatic heterocycles. The maximum Gasteiger partial charge on any atom is 0.338 e. The van der Waals surface area contributed by atoms with Crippen molar-refractivity contribution >= 4 is 23.4 Å². The van der Waals surface area contributed by atoms with Crippen LogP contribution < -0.4 is 14.9 Å². The molecule has 0 amide bonds. The van der Waals surface area contributed by atoms with Crippen LogP contribution in [0.1, 0.15) is 74.8 Å².